The highest BCUT2D eigenvalue weighted by atomic mass is 16.4. The molecule has 1 aliphatic rings. The third-order valence-electron chi connectivity index (χ3n) is 2.88. The Labute approximate surface area is 93.3 Å². The molecule has 0 saturated carbocycles. The molecule has 1 aliphatic heterocycles. The standard InChI is InChI=1S/C11H14N2O3/c14-7-9-2-1-5-13(9)10-4-3-8(6-12-10)11(15)16/h3-4,6,9,14H,1-2,5,7H2,(H,15,16). The van der Waals surface area contributed by atoms with Crippen LogP contribution in [0.2, 0.25) is 0 Å². The van der Waals surface area contributed by atoms with E-state index < -0.39 is 5.97 Å². The van der Waals surface area contributed by atoms with Gasteiger partial charge in [-0.2, -0.15) is 0 Å². The summed E-state index contributed by atoms with van der Waals surface area (Å²) < 4.78 is 0. The van der Waals surface area contributed by atoms with E-state index in [1.165, 1.54) is 12.3 Å². The minimum atomic E-state index is -0.973. The minimum absolute atomic E-state index is 0.113. The van der Waals surface area contributed by atoms with Gasteiger partial charge in [-0.1, -0.05) is 0 Å². The van der Waals surface area contributed by atoms with Gasteiger partial charge in [0.2, 0.25) is 0 Å². The maximum atomic E-state index is 10.7. The summed E-state index contributed by atoms with van der Waals surface area (Å²) in [4.78, 5) is 16.8. The molecule has 1 aromatic heterocycles. The number of aromatic carboxylic acids is 1. The summed E-state index contributed by atoms with van der Waals surface area (Å²) in [6.45, 7) is 0.979. The number of rotatable bonds is 3. The van der Waals surface area contributed by atoms with Crippen molar-refractivity contribution in [3.63, 3.8) is 0 Å². The summed E-state index contributed by atoms with van der Waals surface area (Å²) in [7, 11) is 0. The Morgan fingerprint density at radius 3 is 2.94 bits per heavy atom. The number of aliphatic hydroxyl groups is 1. The maximum Gasteiger partial charge on any atom is 0.337 e. The van der Waals surface area contributed by atoms with E-state index in [9.17, 15) is 9.90 Å². The van der Waals surface area contributed by atoms with Crippen molar-refractivity contribution in [1.29, 1.82) is 0 Å². The van der Waals surface area contributed by atoms with Gasteiger partial charge in [0.25, 0.3) is 0 Å². The van der Waals surface area contributed by atoms with E-state index in [-0.39, 0.29) is 18.2 Å². The fourth-order valence-electron chi connectivity index (χ4n) is 2.01. The molecule has 1 saturated heterocycles. The van der Waals surface area contributed by atoms with Crippen molar-refractivity contribution in [1.82, 2.24) is 4.98 Å². The van der Waals surface area contributed by atoms with Gasteiger partial charge < -0.3 is 15.1 Å². The van der Waals surface area contributed by atoms with Gasteiger partial charge in [-0.05, 0) is 25.0 Å². The zero-order valence-corrected chi connectivity index (χ0v) is 8.83. The number of carbonyl (C=O) groups is 1. The van der Waals surface area contributed by atoms with Gasteiger partial charge in [0.1, 0.15) is 5.82 Å². The second-order valence-electron chi connectivity index (χ2n) is 3.88. The summed E-state index contributed by atoms with van der Waals surface area (Å²) >= 11 is 0. The van der Waals surface area contributed by atoms with Crippen molar-refractivity contribution in [2.75, 3.05) is 18.1 Å². The normalized spacial score (nSPS) is 20.1. The van der Waals surface area contributed by atoms with Crippen LogP contribution in [0.25, 0.3) is 0 Å². The van der Waals surface area contributed by atoms with Gasteiger partial charge >= 0.3 is 5.97 Å². The number of hydrogen-bond donors (Lipinski definition) is 2. The summed E-state index contributed by atoms with van der Waals surface area (Å²) in [6.07, 6.45) is 3.34. The van der Waals surface area contributed by atoms with Gasteiger partial charge in [-0.15, -0.1) is 0 Å². The second kappa shape index (κ2) is 4.49. The molecule has 0 aliphatic carbocycles. The Morgan fingerprint density at radius 1 is 1.56 bits per heavy atom. The quantitative estimate of drug-likeness (QED) is 0.789. The average molecular weight is 222 g/mol. The van der Waals surface area contributed by atoms with Crippen LogP contribution in [0.5, 0.6) is 0 Å². The molecule has 2 rings (SSSR count). The van der Waals surface area contributed by atoms with Gasteiger partial charge in [-0.25, -0.2) is 9.78 Å². The predicted molar refractivity (Wildman–Crippen MR) is 58.7 cm³/mol. The highest BCUT2D eigenvalue weighted by molar-refractivity contribution is 5.87. The number of nitrogens with zero attached hydrogens (tertiary/aromatic N) is 2. The lowest BCUT2D eigenvalue weighted by Crippen LogP contribution is -2.32. The Balaban J connectivity index is 2.18. The van der Waals surface area contributed by atoms with E-state index in [1.807, 2.05) is 4.90 Å². The molecule has 0 spiro atoms. The third-order valence-corrected chi connectivity index (χ3v) is 2.88. The summed E-state index contributed by atoms with van der Waals surface area (Å²) in [6, 6.07) is 3.35. The Kier molecular flexibility index (Phi) is 3.05. The van der Waals surface area contributed by atoms with Crippen LogP contribution in [0, 0.1) is 0 Å². The first-order chi connectivity index (χ1) is 7.72. The molecule has 2 heterocycles. The van der Waals surface area contributed by atoms with Crippen LogP contribution in [0.4, 0.5) is 5.82 Å². The van der Waals surface area contributed by atoms with Crippen molar-refractivity contribution < 1.29 is 15.0 Å². The van der Waals surface area contributed by atoms with Crippen LogP contribution in [-0.4, -0.2) is 40.4 Å². The zero-order valence-electron chi connectivity index (χ0n) is 8.83. The monoisotopic (exact) mass is 222 g/mol. The highest BCUT2D eigenvalue weighted by Crippen LogP contribution is 2.23. The Bertz CT molecular complexity index is 377. The molecule has 5 nitrogen and oxygen atoms in total. The molecule has 0 bridgehead atoms. The molecule has 1 fully saturated rings. The van der Waals surface area contributed by atoms with Crippen LogP contribution < -0.4 is 4.90 Å². The van der Waals surface area contributed by atoms with E-state index in [2.05, 4.69) is 4.98 Å². The SMILES string of the molecule is O=C(O)c1ccc(N2CCCC2CO)nc1. The molecule has 1 aromatic rings. The molecule has 0 radical (unpaired) electrons. The second-order valence-corrected chi connectivity index (χ2v) is 3.88. The van der Waals surface area contributed by atoms with Crippen LogP contribution >= 0.6 is 0 Å². The van der Waals surface area contributed by atoms with Crippen LogP contribution in [-0.2, 0) is 0 Å². The Hall–Kier alpha value is -1.62. The van der Waals surface area contributed by atoms with Crippen molar-refractivity contribution in [3.05, 3.63) is 23.9 Å². The molecule has 1 unspecified atom stereocenters. The molecule has 2 N–H and O–H groups in total. The molecule has 1 atom stereocenters. The van der Waals surface area contributed by atoms with E-state index in [0.29, 0.717) is 0 Å². The fourth-order valence-corrected chi connectivity index (χ4v) is 2.01. The first kappa shape index (κ1) is 10.9. The molecule has 0 aromatic carbocycles. The molecular formula is C11H14N2O3. The van der Waals surface area contributed by atoms with Crippen molar-refractivity contribution >= 4 is 11.8 Å². The summed E-state index contributed by atoms with van der Waals surface area (Å²) in [5.41, 5.74) is 0.184. The molecule has 16 heavy (non-hydrogen) atoms. The van der Waals surface area contributed by atoms with Crippen LogP contribution in [0.15, 0.2) is 18.3 Å². The van der Waals surface area contributed by atoms with Gasteiger partial charge in [0.15, 0.2) is 0 Å². The number of aliphatic hydroxyl groups excluding tert-OH is 1. The van der Waals surface area contributed by atoms with Crippen LogP contribution in [0.1, 0.15) is 23.2 Å². The first-order valence-corrected chi connectivity index (χ1v) is 5.29. The lowest BCUT2D eigenvalue weighted by Gasteiger charge is -2.23. The Morgan fingerprint density at radius 2 is 2.38 bits per heavy atom. The van der Waals surface area contributed by atoms with E-state index in [4.69, 9.17) is 5.11 Å². The lowest BCUT2D eigenvalue weighted by atomic mass is 10.2. The molecule has 0 amide bonds. The largest absolute Gasteiger partial charge is 0.478 e. The van der Waals surface area contributed by atoms with Crippen molar-refractivity contribution in [2.24, 2.45) is 0 Å². The fraction of sp³-hybridized carbons (Fsp3) is 0.455. The van der Waals surface area contributed by atoms with Crippen molar-refractivity contribution in [3.8, 4) is 0 Å². The number of pyridine rings is 1. The summed E-state index contributed by atoms with van der Waals surface area (Å²) in [5, 5.41) is 17.9. The van der Waals surface area contributed by atoms with Gasteiger partial charge in [0.05, 0.1) is 18.2 Å². The van der Waals surface area contributed by atoms with Crippen LogP contribution in [0.3, 0.4) is 0 Å². The predicted octanol–water partition coefficient (Wildman–Crippen LogP) is 0.741. The minimum Gasteiger partial charge on any atom is -0.478 e. The van der Waals surface area contributed by atoms with E-state index >= 15 is 0 Å². The lowest BCUT2D eigenvalue weighted by molar-refractivity contribution is 0.0696. The number of aromatic nitrogens is 1. The smallest absolute Gasteiger partial charge is 0.337 e. The topological polar surface area (TPSA) is 73.7 Å². The third kappa shape index (κ3) is 1.99. The molecular weight excluding hydrogens is 208 g/mol. The molecule has 86 valence electrons. The number of carboxylic acids is 1. The van der Waals surface area contributed by atoms with Gasteiger partial charge in [-0.3, -0.25) is 0 Å². The first-order valence-electron chi connectivity index (χ1n) is 5.29. The molecule has 5 heteroatoms. The van der Waals surface area contributed by atoms with E-state index in [0.717, 1.165) is 25.2 Å². The number of hydrogen-bond acceptors (Lipinski definition) is 4. The maximum absolute atomic E-state index is 10.7. The van der Waals surface area contributed by atoms with E-state index in [1.54, 1.807) is 6.07 Å². The average Bonchev–Trinajstić information content (AvgIpc) is 2.77. The zero-order chi connectivity index (χ0) is 11.5. The number of carboxylic acid groups (broad SMARTS) is 1. The van der Waals surface area contributed by atoms with Gasteiger partial charge in [0, 0.05) is 12.7 Å². The number of anilines is 1. The van der Waals surface area contributed by atoms with Crippen molar-refractivity contribution in [2.45, 2.75) is 18.9 Å². The highest BCUT2D eigenvalue weighted by Gasteiger charge is 2.24. The summed E-state index contributed by atoms with van der Waals surface area (Å²) in [5.74, 6) is -0.235.